The topological polar surface area (TPSA) is 74.2 Å². The van der Waals surface area contributed by atoms with Crippen LogP contribution in [-0.4, -0.2) is 22.7 Å². The smallest absolute Gasteiger partial charge is 0.315 e. The highest BCUT2D eigenvalue weighted by molar-refractivity contribution is 5.74. The summed E-state index contributed by atoms with van der Waals surface area (Å²) in [7, 11) is 0. The Morgan fingerprint density at radius 3 is 2.64 bits per heavy atom. The molecule has 1 aromatic carbocycles. The van der Waals surface area contributed by atoms with Crippen molar-refractivity contribution in [3.8, 4) is 0 Å². The molecular formula is C17H21N3O2. The van der Waals surface area contributed by atoms with Gasteiger partial charge in [0.1, 0.15) is 0 Å². The molecule has 2 aromatic rings. The molecule has 2 rings (SSSR count). The van der Waals surface area contributed by atoms with Gasteiger partial charge in [0.25, 0.3) is 0 Å². The number of pyridine rings is 1. The second-order valence-electron chi connectivity index (χ2n) is 5.07. The minimum Gasteiger partial charge on any atom is -0.396 e. The maximum Gasteiger partial charge on any atom is 0.315 e. The number of aromatic nitrogens is 1. The van der Waals surface area contributed by atoms with Gasteiger partial charge in [-0.05, 0) is 31.0 Å². The van der Waals surface area contributed by atoms with Gasteiger partial charge >= 0.3 is 6.03 Å². The van der Waals surface area contributed by atoms with E-state index in [0.29, 0.717) is 13.0 Å². The molecule has 0 unspecified atom stereocenters. The molecule has 22 heavy (non-hydrogen) atoms. The number of carbonyl (C=O) groups is 1. The molecule has 1 aromatic heterocycles. The Labute approximate surface area is 130 Å². The molecule has 116 valence electrons. The van der Waals surface area contributed by atoms with Gasteiger partial charge in [-0.1, -0.05) is 36.4 Å². The van der Waals surface area contributed by atoms with Gasteiger partial charge in [-0.15, -0.1) is 0 Å². The molecule has 0 fully saturated rings. The first-order valence-electron chi connectivity index (χ1n) is 7.31. The molecule has 0 saturated heterocycles. The number of aryl methyl sites for hydroxylation is 1. The highest BCUT2D eigenvalue weighted by atomic mass is 16.3. The lowest BCUT2D eigenvalue weighted by atomic mass is 10.0. The van der Waals surface area contributed by atoms with Crippen LogP contribution in [0.1, 0.15) is 29.4 Å². The first kappa shape index (κ1) is 16.0. The van der Waals surface area contributed by atoms with E-state index >= 15 is 0 Å². The average Bonchev–Trinajstić information content (AvgIpc) is 2.53. The maximum atomic E-state index is 12.0. The number of nitrogens with one attached hydrogen (secondary N) is 2. The van der Waals surface area contributed by atoms with Crippen molar-refractivity contribution in [2.24, 2.45) is 0 Å². The fourth-order valence-corrected chi connectivity index (χ4v) is 2.21. The van der Waals surface area contributed by atoms with Crippen LogP contribution in [0.2, 0.25) is 0 Å². The summed E-state index contributed by atoms with van der Waals surface area (Å²) in [6, 6.07) is 14.8. The van der Waals surface area contributed by atoms with E-state index in [1.54, 1.807) is 0 Å². The molecule has 0 radical (unpaired) electrons. The third-order valence-electron chi connectivity index (χ3n) is 3.30. The second kappa shape index (κ2) is 8.14. The van der Waals surface area contributed by atoms with Crippen LogP contribution >= 0.6 is 0 Å². The average molecular weight is 299 g/mol. The number of urea groups is 1. The minimum atomic E-state index is -0.273. The highest BCUT2D eigenvalue weighted by Crippen LogP contribution is 2.15. The molecule has 3 N–H and O–H groups in total. The van der Waals surface area contributed by atoms with E-state index in [4.69, 9.17) is 5.11 Å². The predicted octanol–water partition coefficient (Wildman–Crippen LogP) is 2.31. The van der Waals surface area contributed by atoms with Gasteiger partial charge in [0.2, 0.25) is 0 Å². The van der Waals surface area contributed by atoms with Crippen molar-refractivity contribution >= 4 is 6.03 Å². The molecular weight excluding hydrogens is 278 g/mol. The summed E-state index contributed by atoms with van der Waals surface area (Å²) in [5.74, 6) is 0. The molecule has 2 amide bonds. The molecule has 1 heterocycles. The number of aliphatic hydroxyl groups is 1. The van der Waals surface area contributed by atoms with E-state index in [-0.39, 0.29) is 18.7 Å². The van der Waals surface area contributed by atoms with Crippen molar-refractivity contribution in [1.82, 2.24) is 15.6 Å². The van der Waals surface area contributed by atoms with Crippen LogP contribution in [0.25, 0.3) is 0 Å². The maximum absolute atomic E-state index is 12.0. The fraction of sp³-hybridized carbons (Fsp3) is 0.294. The van der Waals surface area contributed by atoms with Gasteiger partial charge in [-0.3, -0.25) is 4.98 Å². The summed E-state index contributed by atoms with van der Waals surface area (Å²) < 4.78 is 0. The van der Waals surface area contributed by atoms with Crippen molar-refractivity contribution in [2.45, 2.75) is 25.9 Å². The molecule has 5 heteroatoms. The van der Waals surface area contributed by atoms with Gasteiger partial charge in [0.05, 0.1) is 18.3 Å². The van der Waals surface area contributed by atoms with Crippen LogP contribution in [0.4, 0.5) is 4.79 Å². The number of carbonyl (C=O) groups excluding carboxylic acids is 1. The van der Waals surface area contributed by atoms with E-state index in [1.807, 2.05) is 55.5 Å². The molecule has 0 saturated carbocycles. The van der Waals surface area contributed by atoms with Crippen molar-refractivity contribution in [3.63, 3.8) is 0 Å². The van der Waals surface area contributed by atoms with E-state index in [1.165, 1.54) is 0 Å². The zero-order valence-electron chi connectivity index (χ0n) is 12.6. The highest BCUT2D eigenvalue weighted by Gasteiger charge is 2.13. The van der Waals surface area contributed by atoms with E-state index in [0.717, 1.165) is 17.0 Å². The standard InChI is InChI=1S/C17H21N3O2/c1-13-6-5-9-15(19-13)12-18-17(22)20-16(10-11-21)14-7-3-2-4-8-14/h2-9,16,21H,10-12H2,1H3,(H2,18,20,22)/t16-/m1/s1. The molecule has 0 aliphatic rings. The summed E-state index contributed by atoms with van der Waals surface area (Å²) >= 11 is 0. The molecule has 0 spiro atoms. The van der Waals surface area contributed by atoms with Crippen LogP contribution in [0.5, 0.6) is 0 Å². The molecule has 0 aliphatic heterocycles. The number of rotatable bonds is 6. The number of benzene rings is 1. The van der Waals surface area contributed by atoms with Crippen LogP contribution in [-0.2, 0) is 6.54 Å². The Kier molecular flexibility index (Phi) is 5.91. The molecule has 0 bridgehead atoms. The SMILES string of the molecule is Cc1cccc(CNC(=O)N[C@H](CCO)c2ccccc2)n1. The number of hydrogen-bond donors (Lipinski definition) is 3. The predicted molar refractivity (Wildman–Crippen MR) is 85.2 cm³/mol. The van der Waals surface area contributed by atoms with Crippen LogP contribution < -0.4 is 10.6 Å². The third-order valence-corrected chi connectivity index (χ3v) is 3.30. The Hall–Kier alpha value is -2.40. The number of nitrogens with zero attached hydrogens (tertiary/aromatic N) is 1. The summed E-state index contributed by atoms with van der Waals surface area (Å²) in [4.78, 5) is 16.4. The number of hydrogen-bond acceptors (Lipinski definition) is 3. The fourth-order valence-electron chi connectivity index (χ4n) is 2.21. The summed E-state index contributed by atoms with van der Waals surface area (Å²) in [5.41, 5.74) is 2.70. The lowest BCUT2D eigenvalue weighted by molar-refractivity contribution is 0.228. The van der Waals surface area contributed by atoms with Crippen LogP contribution in [0, 0.1) is 6.92 Å². The summed E-state index contributed by atoms with van der Waals surface area (Å²) in [6.07, 6.45) is 0.472. The van der Waals surface area contributed by atoms with Crippen molar-refractivity contribution in [2.75, 3.05) is 6.61 Å². The van der Waals surface area contributed by atoms with Crippen molar-refractivity contribution < 1.29 is 9.90 Å². The first-order chi connectivity index (χ1) is 10.7. The Morgan fingerprint density at radius 1 is 1.18 bits per heavy atom. The Morgan fingerprint density at radius 2 is 1.95 bits per heavy atom. The Balaban J connectivity index is 1.91. The Bertz CT molecular complexity index is 602. The van der Waals surface area contributed by atoms with Crippen LogP contribution in [0.15, 0.2) is 48.5 Å². The minimum absolute atomic E-state index is 0.0132. The first-order valence-corrected chi connectivity index (χ1v) is 7.31. The zero-order valence-corrected chi connectivity index (χ0v) is 12.6. The van der Waals surface area contributed by atoms with Crippen molar-refractivity contribution in [1.29, 1.82) is 0 Å². The van der Waals surface area contributed by atoms with Gasteiger partial charge in [-0.2, -0.15) is 0 Å². The quantitative estimate of drug-likeness (QED) is 0.766. The van der Waals surface area contributed by atoms with Gasteiger partial charge in [-0.25, -0.2) is 4.79 Å². The third kappa shape index (κ3) is 4.86. The van der Waals surface area contributed by atoms with E-state index in [9.17, 15) is 4.79 Å². The van der Waals surface area contributed by atoms with Crippen LogP contribution in [0.3, 0.4) is 0 Å². The zero-order chi connectivity index (χ0) is 15.8. The lowest BCUT2D eigenvalue weighted by Crippen LogP contribution is -2.38. The molecule has 5 nitrogen and oxygen atoms in total. The molecule has 0 aliphatic carbocycles. The normalized spacial score (nSPS) is 11.7. The number of aliphatic hydroxyl groups excluding tert-OH is 1. The molecule has 1 atom stereocenters. The van der Waals surface area contributed by atoms with Gasteiger partial charge in [0, 0.05) is 12.3 Å². The van der Waals surface area contributed by atoms with Gasteiger partial charge < -0.3 is 15.7 Å². The lowest BCUT2D eigenvalue weighted by Gasteiger charge is -2.18. The largest absolute Gasteiger partial charge is 0.396 e. The monoisotopic (exact) mass is 299 g/mol. The second-order valence-corrected chi connectivity index (χ2v) is 5.07. The van der Waals surface area contributed by atoms with E-state index in [2.05, 4.69) is 15.6 Å². The van der Waals surface area contributed by atoms with Gasteiger partial charge in [0.15, 0.2) is 0 Å². The summed E-state index contributed by atoms with van der Waals surface area (Å²) in [5, 5.41) is 14.8. The van der Waals surface area contributed by atoms with Crippen molar-refractivity contribution in [3.05, 3.63) is 65.5 Å². The number of amides is 2. The van der Waals surface area contributed by atoms with E-state index < -0.39 is 0 Å². The summed E-state index contributed by atoms with van der Waals surface area (Å²) in [6.45, 7) is 2.30.